The number of halogens is 16. The first-order valence-corrected chi connectivity index (χ1v) is 12.9. The van der Waals surface area contributed by atoms with Crippen molar-refractivity contribution in [3.8, 4) is 0 Å². The molecule has 4 heterocycles. The van der Waals surface area contributed by atoms with Crippen LogP contribution in [0.5, 0.6) is 0 Å². The molecule has 0 aliphatic heterocycles. The number of alkyl halides is 12. The first-order chi connectivity index (χ1) is 22.3. The third-order valence-electron chi connectivity index (χ3n) is 6.20. The van der Waals surface area contributed by atoms with Crippen LogP contribution in [0, 0.1) is 0 Å². The summed E-state index contributed by atoms with van der Waals surface area (Å²) in [7, 11) is -6.00. The van der Waals surface area contributed by atoms with Crippen molar-refractivity contribution in [2.24, 2.45) is 0 Å². The molecule has 270 valence electrons. The molecule has 0 spiro atoms. The molecule has 4 nitrogen and oxygen atoms in total. The number of hydrogen-bond donors (Lipinski definition) is 0. The Balaban J connectivity index is 0.000000234. The zero-order valence-electron chi connectivity index (χ0n) is 23.6. The van der Waals surface area contributed by atoms with E-state index in [0.29, 0.717) is 0 Å². The van der Waals surface area contributed by atoms with Gasteiger partial charge in [0.05, 0.1) is 22.1 Å². The van der Waals surface area contributed by atoms with E-state index in [2.05, 4.69) is 19.9 Å². The Morgan fingerprint density at radius 3 is 0.600 bits per heavy atom. The number of nitrogens with zero attached hydrogens (tertiary/aromatic N) is 4. The molecule has 22 heteroatoms. The van der Waals surface area contributed by atoms with Crippen molar-refractivity contribution in [3.63, 3.8) is 0 Å². The smallest absolute Gasteiger partial charge is 0.418 e. The summed E-state index contributed by atoms with van der Waals surface area (Å²) in [5.74, 6) is 0. The Morgan fingerprint density at radius 1 is 0.320 bits per heavy atom. The van der Waals surface area contributed by atoms with Crippen LogP contribution in [0.25, 0.3) is 43.6 Å². The van der Waals surface area contributed by atoms with E-state index in [1.165, 1.54) is 24.3 Å². The normalized spacial score (nSPS) is 12.6. The van der Waals surface area contributed by atoms with Crippen molar-refractivity contribution in [1.82, 2.24) is 19.9 Å². The second-order valence-corrected chi connectivity index (χ2v) is 9.69. The minimum absolute atomic E-state index is 0. The molecule has 0 unspecified atom stereocenters. The van der Waals surface area contributed by atoms with Gasteiger partial charge in [0.25, 0.3) is 0 Å². The molecular formula is C28H12BCuF16N4. The Hall–Kier alpha value is -4.46. The van der Waals surface area contributed by atoms with Crippen molar-refractivity contribution < 1.29 is 87.0 Å². The zero-order chi connectivity index (χ0) is 36.7. The van der Waals surface area contributed by atoms with Crippen molar-refractivity contribution in [3.05, 3.63) is 95.6 Å². The van der Waals surface area contributed by atoms with E-state index in [0.717, 1.165) is 48.5 Å². The molecule has 0 amide bonds. The van der Waals surface area contributed by atoms with Crippen LogP contribution < -0.4 is 0 Å². The van der Waals surface area contributed by atoms with Crippen molar-refractivity contribution in [2.45, 2.75) is 24.7 Å². The Bertz CT molecular complexity index is 1840. The fourth-order valence-electron chi connectivity index (χ4n) is 4.17. The Labute approximate surface area is 278 Å². The van der Waals surface area contributed by atoms with Crippen LogP contribution >= 0.6 is 0 Å². The Kier molecular flexibility index (Phi) is 11.2. The topological polar surface area (TPSA) is 51.6 Å². The van der Waals surface area contributed by atoms with E-state index in [1.807, 2.05) is 0 Å². The van der Waals surface area contributed by atoms with Crippen molar-refractivity contribution in [1.29, 1.82) is 0 Å². The molecule has 0 saturated carbocycles. The quantitative estimate of drug-likeness (QED) is 0.0875. The van der Waals surface area contributed by atoms with E-state index in [9.17, 15) is 69.9 Å². The number of aromatic nitrogens is 4. The summed E-state index contributed by atoms with van der Waals surface area (Å²) in [4.78, 5) is 13.8. The van der Waals surface area contributed by atoms with Gasteiger partial charge in [-0.15, -0.1) is 0 Å². The van der Waals surface area contributed by atoms with Crippen LogP contribution in [-0.4, -0.2) is 27.2 Å². The zero-order valence-corrected chi connectivity index (χ0v) is 24.6. The molecule has 0 aliphatic carbocycles. The number of hydrogen-bond acceptors (Lipinski definition) is 4. The van der Waals surface area contributed by atoms with Crippen LogP contribution in [0.3, 0.4) is 0 Å². The largest absolute Gasteiger partial charge is 1.00 e. The minimum atomic E-state index is -6.00. The molecule has 0 fully saturated rings. The van der Waals surface area contributed by atoms with Crippen LogP contribution in [0.1, 0.15) is 22.8 Å². The van der Waals surface area contributed by atoms with Gasteiger partial charge >= 0.3 is 49.0 Å². The number of pyridine rings is 4. The summed E-state index contributed by atoms with van der Waals surface area (Å²) in [5.41, 5.74) is -5.54. The molecule has 0 atom stereocenters. The van der Waals surface area contributed by atoms with E-state index in [1.54, 1.807) is 0 Å². The average Bonchev–Trinajstić information content (AvgIpc) is 2.97. The third kappa shape index (κ3) is 9.83. The van der Waals surface area contributed by atoms with Gasteiger partial charge in [0.2, 0.25) is 0 Å². The molecule has 0 saturated heterocycles. The maximum Gasteiger partial charge on any atom is 1.00 e. The summed E-state index contributed by atoms with van der Waals surface area (Å²) in [6, 6.07) is 13.7. The number of rotatable bonds is 0. The number of benzene rings is 2. The van der Waals surface area contributed by atoms with Gasteiger partial charge in [-0.25, -0.2) is 19.9 Å². The van der Waals surface area contributed by atoms with Gasteiger partial charge in [-0.05, 0) is 24.3 Å². The maximum atomic E-state index is 12.7. The van der Waals surface area contributed by atoms with E-state index in [-0.39, 0.29) is 60.7 Å². The van der Waals surface area contributed by atoms with Gasteiger partial charge in [-0.1, -0.05) is 48.5 Å². The van der Waals surface area contributed by atoms with E-state index >= 15 is 0 Å². The molecule has 0 N–H and O–H groups in total. The van der Waals surface area contributed by atoms with Crippen LogP contribution in [-0.2, 0) is 41.8 Å². The van der Waals surface area contributed by atoms with E-state index < -0.39 is 54.7 Å². The maximum absolute atomic E-state index is 12.7. The van der Waals surface area contributed by atoms with Crippen LogP contribution in [0.2, 0.25) is 0 Å². The van der Waals surface area contributed by atoms with Gasteiger partial charge in [-0.2, -0.15) is 52.7 Å². The summed E-state index contributed by atoms with van der Waals surface area (Å²) >= 11 is 0. The van der Waals surface area contributed by atoms with Gasteiger partial charge in [0.15, 0.2) is 0 Å². The van der Waals surface area contributed by atoms with Gasteiger partial charge in [-0.3, -0.25) is 0 Å². The molecule has 0 aliphatic rings. The fraction of sp³-hybridized carbons (Fsp3) is 0.143. The molecule has 0 bridgehead atoms. The summed E-state index contributed by atoms with van der Waals surface area (Å²) in [6.45, 7) is 0. The van der Waals surface area contributed by atoms with Crippen molar-refractivity contribution >= 4 is 50.9 Å². The predicted octanol–water partition coefficient (Wildman–Crippen LogP) is 10.9. The van der Waals surface area contributed by atoms with Crippen LogP contribution in [0.4, 0.5) is 69.9 Å². The first-order valence-electron chi connectivity index (χ1n) is 12.9. The second kappa shape index (κ2) is 14.0. The standard InChI is InChI=1S/2C14H6F6N2.BF4.Cu/c2*15-13(16,17)9-5-3-7-1-2-8-4-6-10(14(18,19)20)22-12(8)11(7)21-9;2-1(3,4)5;/h2*1-6H;;/q;;-1;+1. The van der Waals surface area contributed by atoms with E-state index in [4.69, 9.17) is 0 Å². The Morgan fingerprint density at radius 2 is 0.460 bits per heavy atom. The van der Waals surface area contributed by atoms with Gasteiger partial charge in [0, 0.05) is 21.5 Å². The minimum Gasteiger partial charge on any atom is -0.418 e. The molecular weight excluding hydrogens is 771 g/mol. The molecule has 6 aromatic rings. The second-order valence-electron chi connectivity index (χ2n) is 9.69. The van der Waals surface area contributed by atoms with Gasteiger partial charge in [0.1, 0.15) is 22.8 Å². The molecule has 0 radical (unpaired) electrons. The first kappa shape index (κ1) is 40.0. The molecule has 6 rings (SSSR count). The number of fused-ring (bicyclic) bond motifs is 6. The molecule has 4 aromatic heterocycles. The fourth-order valence-corrected chi connectivity index (χ4v) is 4.17. The molecule has 50 heavy (non-hydrogen) atoms. The third-order valence-corrected chi connectivity index (χ3v) is 6.20. The summed E-state index contributed by atoms with van der Waals surface area (Å²) < 4.78 is 192. The van der Waals surface area contributed by atoms with Crippen LogP contribution in [0.15, 0.2) is 72.8 Å². The average molecular weight is 783 g/mol. The monoisotopic (exact) mass is 782 g/mol. The van der Waals surface area contributed by atoms with Gasteiger partial charge < -0.3 is 17.3 Å². The summed E-state index contributed by atoms with van der Waals surface area (Å²) in [6.07, 6.45) is -18.7. The van der Waals surface area contributed by atoms with Crippen molar-refractivity contribution in [2.75, 3.05) is 0 Å². The SMILES string of the molecule is FC(F)(F)c1ccc2ccc3ccc(C(F)(F)F)nc3c2n1.FC(F)(F)c1ccc2ccc3ccc(C(F)(F)F)nc3c2n1.F[B-](F)(F)F.[Cu+]. The summed E-state index contributed by atoms with van der Waals surface area (Å²) in [5, 5.41) is 1.14. The predicted molar refractivity (Wildman–Crippen MR) is 144 cm³/mol. The molecule has 2 aromatic carbocycles.